The number of ether oxygens (including phenoxy) is 1. The summed E-state index contributed by atoms with van der Waals surface area (Å²) in [5.41, 5.74) is 1.62. The third-order valence-electron chi connectivity index (χ3n) is 3.46. The van der Waals surface area contributed by atoms with Crippen molar-refractivity contribution in [2.45, 2.75) is 13.0 Å². The molecule has 0 radical (unpaired) electrons. The maximum atomic E-state index is 12.1. The van der Waals surface area contributed by atoms with E-state index in [-0.39, 0.29) is 5.91 Å². The minimum atomic E-state index is -0.913. The molecule has 2 N–H and O–H groups in total. The summed E-state index contributed by atoms with van der Waals surface area (Å²) in [6.07, 6.45) is 0.404. The maximum absolute atomic E-state index is 12.1. The molecular weight excluding hydrogens is 272 g/mol. The van der Waals surface area contributed by atoms with Gasteiger partial charge in [-0.1, -0.05) is 6.07 Å². The minimum Gasteiger partial charge on any atom is -0.495 e. The first-order chi connectivity index (χ1) is 9.92. The fourth-order valence-electron chi connectivity index (χ4n) is 2.30. The Bertz CT molecular complexity index is 557. The first-order valence-electron chi connectivity index (χ1n) is 6.77. The lowest BCUT2D eigenvalue weighted by atomic mass is 10.1. The van der Waals surface area contributed by atoms with Gasteiger partial charge in [0.15, 0.2) is 0 Å². The van der Waals surface area contributed by atoms with Crippen LogP contribution in [0.4, 0.5) is 5.69 Å². The fraction of sp³-hybridized carbons (Fsp3) is 0.467. The zero-order valence-electron chi connectivity index (χ0n) is 12.4. The predicted octanol–water partition coefficient (Wildman–Crippen LogP) is 1.42. The Morgan fingerprint density at radius 3 is 2.62 bits per heavy atom. The highest BCUT2D eigenvalue weighted by Crippen LogP contribution is 2.40. The zero-order chi connectivity index (χ0) is 15.6. The van der Waals surface area contributed by atoms with Crippen LogP contribution >= 0.6 is 0 Å². The van der Waals surface area contributed by atoms with Crippen LogP contribution in [0.2, 0.25) is 0 Å². The normalized spacial score (nSPS) is 20.2. The second-order valence-corrected chi connectivity index (χ2v) is 5.55. The van der Waals surface area contributed by atoms with Gasteiger partial charge in [0.25, 0.3) is 0 Å². The smallest absolute Gasteiger partial charge is 0.307 e. The van der Waals surface area contributed by atoms with Crippen LogP contribution in [0.1, 0.15) is 12.0 Å². The third kappa shape index (κ3) is 3.72. The molecule has 114 valence electrons. The van der Waals surface area contributed by atoms with Gasteiger partial charge in [0.1, 0.15) is 5.75 Å². The number of carbonyl (C=O) groups excluding carboxylic acids is 1. The topological polar surface area (TPSA) is 78.9 Å². The molecule has 1 aliphatic rings. The standard InChI is InChI=1S/C15H20N2O4/c1-17(2)8-9-4-5-13(21-3)12(6-9)16-14(18)10-7-11(10)15(19)20/h4-6,10-11H,7-8H2,1-3H3,(H,16,18)(H,19,20)/t10-,11+/m1/s1. The Morgan fingerprint density at radius 2 is 2.10 bits per heavy atom. The number of hydrogen-bond acceptors (Lipinski definition) is 4. The number of aliphatic carboxylic acids is 1. The lowest BCUT2D eigenvalue weighted by Gasteiger charge is -2.14. The van der Waals surface area contributed by atoms with Gasteiger partial charge in [-0.3, -0.25) is 9.59 Å². The summed E-state index contributed by atoms with van der Waals surface area (Å²) >= 11 is 0. The minimum absolute atomic E-state index is 0.261. The SMILES string of the molecule is COc1ccc(CN(C)C)cc1NC(=O)[C@@H]1C[C@@H]1C(=O)O. The number of methoxy groups -OCH3 is 1. The van der Waals surface area contributed by atoms with Gasteiger partial charge < -0.3 is 20.1 Å². The second kappa shape index (κ2) is 6.13. The molecule has 6 heteroatoms. The molecule has 1 fully saturated rings. The summed E-state index contributed by atoms with van der Waals surface area (Å²) in [6, 6.07) is 5.59. The van der Waals surface area contributed by atoms with E-state index in [1.165, 1.54) is 7.11 Å². The maximum Gasteiger partial charge on any atom is 0.307 e. The van der Waals surface area contributed by atoms with Crippen molar-refractivity contribution in [1.29, 1.82) is 0 Å². The van der Waals surface area contributed by atoms with E-state index in [9.17, 15) is 9.59 Å². The van der Waals surface area contributed by atoms with Gasteiger partial charge in [0.2, 0.25) is 5.91 Å². The summed E-state index contributed by atoms with van der Waals surface area (Å²) in [5, 5.41) is 11.6. The quantitative estimate of drug-likeness (QED) is 0.829. The number of nitrogens with zero attached hydrogens (tertiary/aromatic N) is 1. The van der Waals surface area contributed by atoms with Gasteiger partial charge in [0.05, 0.1) is 24.6 Å². The Morgan fingerprint density at radius 1 is 1.38 bits per heavy atom. The van der Waals surface area contributed by atoms with Crippen LogP contribution < -0.4 is 10.1 Å². The Kier molecular flexibility index (Phi) is 4.47. The van der Waals surface area contributed by atoms with Crippen molar-refractivity contribution in [1.82, 2.24) is 4.90 Å². The van der Waals surface area contributed by atoms with E-state index < -0.39 is 17.8 Å². The number of amides is 1. The molecule has 1 aromatic rings. The van der Waals surface area contributed by atoms with Crippen LogP contribution in [0, 0.1) is 11.8 Å². The van der Waals surface area contributed by atoms with Crippen molar-refractivity contribution in [2.24, 2.45) is 11.8 Å². The molecule has 1 amide bonds. The average molecular weight is 292 g/mol. The Balaban J connectivity index is 2.10. The number of carboxylic acids is 1. The van der Waals surface area contributed by atoms with Gasteiger partial charge >= 0.3 is 5.97 Å². The van der Waals surface area contributed by atoms with E-state index in [1.807, 2.05) is 31.1 Å². The van der Waals surface area contributed by atoms with Crippen molar-refractivity contribution in [3.63, 3.8) is 0 Å². The number of hydrogen-bond donors (Lipinski definition) is 2. The molecule has 2 atom stereocenters. The van der Waals surface area contributed by atoms with Crippen LogP contribution in [0.25, 0.3) is 0 Å². The van der Waals surface area contributed by atoms with Gasteiger partial charge in [-0.2, -0.15) is 0 Å². The zero-order valence-corrected chi connectivity index (χ0v) is 12.4. The molecule has 0 spiro atoms. The van der Waals surface area contributed by atoms with Crippen LogP contribution in [0.5, 0.6) is 5.75 Å². The second-order valence-electron chi connectivity index (χ2n) is 5.55. The first kappa shape index (κ1) is 15.3. The van der Waals surface area contributed by atoms with Crippen LogP contribution in [0.15, 0.2) is 18.2 Å². The highest BCUT2D eigenvalue weighted by Gasteiger charge is 2.48. The molecule has 1 aliphatic carbocycles. The van der Waals surface area contributed by atoms with Crippen molar-refractivity contribution >= 4 is 17.6 Å². The van der Waals surface area contributed by atoms with Crippen molar-refractivity contribution < 1.29 is 19.4 Å². The monoisotopic (exact) mass is 292 g/mol. The predicted molar refractivity (Wildman–Crippen MR) is 78.2 cm³/mol. The molecule has 6 nitrogen and oxygen atoms in total. The molecule has 0 bridgehead atoms. The molecule has 21 heavy (non-hydrogen) atoms. The summed E-state index contributed by atoms with van der Waals surface area (Å²) < 4.78 is 5.24. The summed E-state index contributed by atoms with van der Waals surface area (Å²) in [6.45, 7) is 0.744. The van der Waals surface area contributed by atoms with Crippen molar-refractivity contribution in [2.75, 3.05) is 26.5 Å². The Hall–Kier alpha value is -2.08. The van der Waals surface area contributed by atoms with Gasteiger partial charge in [-0.05, 0) is 38.2 Å². The van der Waals surface area contributed by atoms with E-state index in [0.717, 1.165) is 12.1 Å². The van der Waals surface area contributed by atoms with Crippen molar-refractivity contribution in [3.05, 3.63) is 23.8 Å². The van der Waals surface area contributed by atoms with E-state index in [2.05, 4.69) is 5.32 Å². The highest BCUT2D eigenvalue weighted by atomic mass is 16.5. The van der Waals surface area contributed by atoms with Crippen LogP contribution in [0.3, 0.4) is 0 Å². The average Bonchev–Trinajstić information content (AvgIpc) is 3.18. The molecule has 0 aromatic heterocycles. The van der Waals surface area contributed by atoms with E-state index in [1.54, 1.807) is 6.07 Å². The van der Waals surface area contributed by atoms with Gasteiger partial charge in [-0.15, -0.1) is 0 Å². The van der Waals surface area contributed by atoms with Crippen molar-refractivity contribution in [3.8, 4) is 5.75 Å². The fourth-order valence-corrected chi connectivity index (χ4v) is 2.30. The molecule has 1 saturated carbocycles. The van der Waals surface area contributed by atoms with Gasteiger partial charge in [-0.25, -0.2) is 0 Å². The largest absolute Gasteiger partial charge is 0.495 e. The Labute approximate surface area is 123 Å². The van der Waals surface area contributed by atoms with E-state index in [0.29, 0.717) is 17.9 Å². The molecule has 0 saturated heterocycles. The molecule has 0 aliphatic heterocycles. The summed E-state index contributed by atoms with van der Waals surface area (Å²) in [5.74, 6) is -1.60. The number of anilines is 1. The molecule has 1 aromatic carbocycles. The van der Waals surface area contributed by atoms with E-state index in [4.69, 9.17) is 9.84 Å². The lowest BCUT2D eigenvalue weighted by molar-refractivity contribution is -0.139. The number of rotatable bonds is 6. The molecule has 2 rings (SSSR count). The first-order valence-corrected chi connectivity index (χ1v) is 6.77. The molecule has 0 heterocycles. The lowest BCUT2D eigenvalue weighted by Crippen LogP contribution is -2.18. The summed E-state index contributed by atoms with van der Waals surface area (Å²) in [7, 11) is 5.46. The van der Waals surface area contributed by atoms with E-state index >= 15 is 0 Å². The molecular formula is C15H20N2O4. The number of benzene rings is 1. The van der Waals surface area contributed by atoms with Crippen LogP contribution in [-0.4, -0.2) is 43.1 Å². The highest BCUT2D eigenvalue weighted by molar-refractivity contribution is 5.99. The molecule has 0 unspecified atom stereocenters. The number of carboxylic acid groups (broad SMARTS) is 1. The number of nitrogens with one attached hydrogen (secondary N) is 1. The summed E-state index contributed by atoms with van der Waals surface area (Å²) in [4.78, 5) is 24.9. The van der Waals surface area contributed by atoms with Gasteiger partial charge in [0, 0.05) is 6.54 Å². The third-order valence-corrected chi connectivity index (χ3v) is 3.46. The van der Waals surface area contributed by atoms with Crippen LogP contribution in [-0.2, 0) is 16.1 Å². The number of carbonyl (C=O) groups is 2.